The van der Waals surface area contributed by atoms with Gasteiger partial charge in [-0.2, -0.15) is 0 Å². The van der Waals surface area contributed by atoms with Crippen molar-refractivity contribution < 1.29 is 9.47 Å². The smallest absolute Gasteiger partial charge is 0.179 e. The lowest BCUT2D eigenvalue weighted by Gasteiger charge is -2.14. The summed E-state index contributed by atoms with van der Waals surface area (Å²) in [6.07, 6.45) is 3.73. The summed E-state index contributed by atoms with van der Waals surface area (Å²) in [6.45, 7) is 7.88. The predicted octanol–water partition coefficient (Wildman–Crippen LogP) is 4.02. The first-order valence-electron chi connectivity index (χ1n) is 6.81. The highest BCUT2D eigenvalue weighted by Gasteiger charge is 2.15. The molecule has 0 bridgehead atoms. The van der Waals surface area contributed by atoms with Gasteiger partial charge in [-0.3, -0.25) is 0 Å². The molecular weight excluding hydrogens is 276 g/mol. The third-order valence-electron chi connectivity index (χ3n) is 2.91. The second-order valence-electron chi connectivity index (χ2n) is 4.19. The molecule has 0 aliphatic carbocycles. The molecular formula is C15H19ClN2O2. The van der Waals surface area contributed by atoms with Gasteiger partial charge in [-0.15, -0.1) is 0 Å². The minimum absolute atomic E-state index is 0.540. The third-order valence-corrected chi connectivity index (χ3v) is 3.19. The second-order valence-corrected chi connectivity index (χ2v) is 4.60. The zero-order valence-electron chi connectivity index (χ0n) is 12.0. The molecule has 2 aromatic rings. The molecule has 0 spiro atoms. The topological polar surface area (TPSA) is 36.3 Å². The van der Waals surface area contributed by atoms with Crippen LogP contribution in [0.2, 0.25) is 5.02 Å². The molecule has 1 heterocycles. The number of rotatable bonds is 6. The van der Waals surface area contributed by atoms with E-state index in [0.717, 1.165) is 17.9 Å². The summed E-state index contributed by atoms with van der Waals surface area (Å²) in [4.78, 5) is 4.38. The number of benzene rings is 1. The fourth-order valence-corrected chi connectivity index (χ4v) is 2.33. The maximum Gasteiger partial charge on any atom is 0.179 e. The molecule has 2 rings (SSSR count). The second kappa shape index (κ2) is 6.66. The minimum atomic E-state index is 0.540. The summed E-state index contributed by atoms with van der Waals surface area (Å²) >= 11 is 6.32. The van der Waals surface area contributed by atoms with E-state index >= 15 is 0 Å². The molecule has 0 N–H and O–H groups in total. The number of hydrogen-bond acceptors (Lipinski definition) is 3. The highest BCUT2D eigenvalue weighted by atomic mass is 35.5. The summed E-state index contributed by atoms with van der Waals surface area (Å²) in [6, 6.07) is 3.79. The Hall–Kier alpha value is -1.68. The van der Waals surface area contributed by atoms with Crippen molar-refractivity contribution in [2.24, 2.45) is 0 Å². The average molecular weight is 295 g/mol. The molecule has 0 unspecified atom stereocenters. The normalized spacial score (nSPS) is 10.6. The van der Waals surface area contributed by atoms with Crippen LogP contribution in [0.4, 0.5) is 0 Å². The van der Waals surface area contributed by atoms with Gasteiger partial charge in [0.25, 0.3) is 0 Å². The Kier molecular flexibility index (Phi) is 4.90. The first-order valence-corrected chi connectivity index (χ1v) is 7.19. The van der Waals surface area contributed by atoms with Gasteiger partial charge in [0, 0.05) is 24.5 Å². The lowest BCUT2D eigenvalue weighted by Crippen LogP contribution is -2.01. The quantitative estimate of drug-likeness (QED) is 0.807. The largest absolute Gasteiger partial charge is 0.490 e. The highest BCUT2D eigenvalue weighted by Crippen LogP contribution is 2.39. The maximum absolute atomic E-state index is 6.32. The first-order chi connectivity index (χ1) is 9.71. The molecule has 0 amide bonds. The van der Waals surface area contributed by atoms with Gasteiger partial charge < -0.3 is 14.0 Å². The number of aryl methyl sites for hydroxylation is 1. The molecule has 0 aliphatic rings. The van der Waals surface area contributed by atoms with E-state index in [1.54, 1.807) is 6.20 Å². The summed E-state index contributed by atoms with van der Waals surface area (Å²) in [5.41, 5.74) is 0.925. The summed E-state index contributed by atoms with van der Waals surface area (Å²) in [7, 11) is 0. The Morgan fingerprint density at radius 1 is 1.15 bits per heavy atom. The van der Waals surface area contributed by atoms with Gasteiger partial charge in [0.2, 0.25) is 0 Å². The van der Waals surface area contributed by atoms with Crippen molar-refractivity contribution in [2.45, 2.75) is 27.3 Å². The van der Waals surface area contributed by atoms with Gasteiger partial charge in [-0.1, -0.05) is 11.6 Å². The molecule has 1 aromatic heterocycles. The van der Waals surface area contributed by atoms with Crippen molar-refractivity contribution in [3.63, 3.8) is 0 Å². The Labute approximate surface area is 124 Å². The van der Waals surface area contributed by atoms with Crippen LogP contribution in [-0.4, -0.2) is 22.8 Å². The lowest BCUT2D eigenvalue weighted by molar-refractivity contribution is 0.288. The van der Waals surface area contributed by atoms with Crippen LogP contribution in [0.3, 0.4) is 0 Å². The summed E-state index contributed by atoms with van der Waals surface area (Å²) in [5, 5.41) is 0.540. The van der Waals surface area contributed by atoms with Crippen LogP contribution in [0, 0.1) is 0 Å². The summed E-state index contributed by atoms with van der Waals surface area (Å²) < 4.78 is 13.3. The number of hydrogen-bond donors (Lipinski definition) is 0. The van der Waals surface area contributed by atoms with Crippen LogP contribution in [0.1, 0.15) is 20.8 Å². The molecule has 0 saturated carbocycles. The fourth-order valence-electron chi connectivity index (χ4n) is 2.07. The fraction of sp³-hybridized carbons (Fsp3) is 0.400. The van der Waals surface area contributed by atoms with Crippen LogP contribution in [0.15, 0.2) is 24.5 Å². The van der Waals surface area contributed by atoms with Crippen molar-refractivity contribution in [1.29, 1.82) is 0 Å². The predicted molar refractivity (Wildman–Crippen MR) is 80.7 cm³/mol. The maximum atomic E-state index is 6.32. The Balaban J connectivity index is 2.50. The number of halogens is 1. The molecule has 0 saturated heterocycles. The Morgan fingerprint density at radius 3 is 2.55 bits per heavy atom. The van der Waals surface area contributed by atoms with Gasteiger partial charge in [0.1, 0.15) is 5.82 Å². The van der Waals surface area contributed by atoms with E-state index < -0.39 is 0 Å². The minimum Gasteiger partial charge on any atom is -0.490 e. The number of imidazole rings is 1. The van der Waals surface area contributed by atoms with Crippen molar-refractivity contribution in [3.05, 3.63) is 29.5 Å². The molecule has 20 heavy (non-hydrogen) atoms. The number of aromatic nitrogens is 2. The van der Waals surface area contributed by atoms with Crippen LogP contribution in [0.25, 0.3) is 11.4 Å². The van der Waals surface area contributed by atoms with Gasteiger partial charge in [0.05, 0.1) is 18.2 Å². The molecule has 1 aromatic carbocycles. The Morgan fingerprint density at radius 2 is 1.90 bits per heavy atom. The lowest BCUT2D eigenvalue weighted by atomic mass is 10.2. The molecule has 0 fully saturated rings. The molecule has 5 heteroatoms. The zero-order chi connectivity index (χ0) is 14.5. The summed E-state index contributed by atoms with van der Waals surface area (Å²) in [5.74, 6) is 2.12. The van der Waals surface area contributed by atoms with Crippen molar-refractivity contribution in [1.82, 2.24) is 9.55 Å². The molecule has 108 valence electrons. The van der Waals surface area contributed by atoms with Crippen LogP contribution >= 0.6 is 11.6 Å². The number of nitrogens with zero attached hydrogens (tertiary/aromatic N) is 2. The molecule has 0 aliphatic heterocycles. The van der Waals surface area contributed by atoms with E-state index in [4.69, 9.17) is 21.1 Å². The van der Waals surface area contributed by atoms with Crippen molar-refractivity contribution >= 4 is 11.6 Å². The van der Waals surface area contributed by atoms with Gasteiger partial charge >= 0.3 is 0 Å². The van der Waals surface area contributed by atoms with Gasteiger partial charge in [-0.25, -0.2) is 4.98 Å². The van der Waals surface area contributed by atoms with Crippen LogP contribution in [-0.2, 0) is 6.54 Å². The van der Waals surface area contributed by atoms with E-state index in [9.17, 15) is 0 Å². The van der Waals surface area contributed by atoms with E-state index in [0.29, 0.717) is 29.7 Å². The van der Waals surface area contributed by atoms with Gasteiger partial charge in [-0.05, 0) is 32.9 Å². The van der Waals surface area contributed by atoms with E-state index in [2.05, 4.69) is 16.5 Å². The van der Waals surface area contributed by atoms with Gasteiger partial charge in [0.15, 0.2) is 11.5 Å². The van der Waals surface area contributed by atoms with Crippen LogP contribution < -0.4 is 9.47 Å². The van der Waals surface area contributed by atoms with Crippen molar-refractivity contribution in [3.8, 4) is 22.9 Å². The van der Waals surface area contributed by atoms with E-state index in [1.165, 1.54) is 0 Å². The standard InChI is InChI=1S/C15H19ClN2O2/c1-4-18-8-7-17-15(18)11-9-12(16)14(20-6-3)13(10-11)19-5-2/h7-10H,4-6H2,1-3H3. The molecule has 0 atom stereocenters. The Bertz CT molecular complexity index is 581. The average Bonchev–Trinajstić information content (AvgIpc) is 2.91. The zero-order valence-corrected chi connectivity index (χ0v) is 12.8. The highest BCUT2D eigenvalue weighted by molar-refractivity contribution is 6.32. The number of ether oxygens (including phenoxy) is 2. The van der Waals surface area contributed by atoms with E-state index in [-0.39, 0.29) is 0 Å². The monoisotopic (exact) mass is 294 g/mol. The molecule has 4 nitrogen and oxygen atoms in total. The van der Waals surface area contributed by atoms with Crippen molar-refractivity contribution in [2.75, 3.05) is 13.2 Å². The molecule has 0 radical (unpaired) electrons. The third kappa shape index (κ3) is 2.90. The SMILES string of the molecule is CCOc1cc(-c2nccn2CC)cc(Cl)c1OCC. The first kappa shape index (κ1) is 14.7. The van der Waals surface area contributed by atoms with Crippen LogP contribution in [0.5, 0.6) is 11.5 Å². The van der Waals surface area contributed by atoms with E-state index in [1.807, 2.05) is 32.2 Å².